The molecule has 0 aliphatic carbocycles. The minimum Gasteiger partial charge on any atom is -0.304 e. The molecule has 4 heteroatoms. The van der Waals surface area contributed by atoms with Crippen molar-refractivity contribution in [1.29, 1.82) is 0 Å². The molecule has 0 aliphatic rings. The van der Waals surface area contributed by atoms with Crippen LogP contribution in [0.3, 0.4) is 0 Å². The summed E-state index contributed by atoms with van der Waals surface area (Å²) in [4.78, 5) is 13.6. The van der Waals surface area contributed by atoms with Crippen molar-refractivity contribution in [3.05, 3.63) is 151 Å². The van der Waals surface area contributed by atoms with Gasteiger partial charge in [0, 0.05) is 38.7 Å². The Bertz CT molecular complexity index is 1700. The van der Waals surface area contributed by atoms with Gasteiger partial charge in [0.25, 0.3) is 0 Å². The van der Waals surface area contributed by atoms with Crippen molar-refractivity contribution in [3.8, 4) is 44.9 Å². The van der Waals surface area contributed by atoms with Crippen molar-refractivity contribution in [3.63, 3.8) is 0 Å². The fourth-order valence-electron chi connectivity index (χ4n) is 5.02. The molecule has 0 atom stereocenters. The molecule has 0 fully saturated rings. The monoisotopic (exact) mass is 752 g/mol. The van der Waals surface area contributed by atoms with E-state index in [0.29, 0.717) is 5.92 Å². The molecule has 3 nitrogen and oxygen atoms in total. The Kier molecular flexibility index (Phi) is 12.3. The Labute approximate surface area is 275 Å². The normalized spacial score (nSPS) is 10.5. The van der Waals surface area contributed by atoms with E-state index in [-0.39, 0.29) is 20.1 Å². The molecular weight excluding hydrogens is 715 g/mol. The van der Waals surface area contributed by atoms with Gasteiger partial charge in [-0.25, -0.2) is 0 Å². The molecule has 223 valence electrons. The zero-order valence-corrected chi connectivity index (χ0v) is 27.9. The van der Waals surface area contributed by atoms with Crippen LogP contribution in [0.25, 0.3) is 44.9 Å². The van der Waals surface area contributed by atoms with Crippen LogP contribution < -0.4 is 0 Å². The first-order valence-corrected chi connectivity index (χ1v) is 15.0. The fraction of sp³-hybridized carbons (Fsp3) is 0.175. The second-order valence-corrected chi connectivity index (χ2v) is 11.0. The first kappa shape index (κ1) is 32.7. The zero-order valence-electron chi connectivity index (χ0n) is 25.5. The van der Waals surface area contributed by atoms with Crippen LogP contribution in [-0.2, 0) is 32.9 Å². The van der Waals surface area contributed by atoms with Crippen molar-refractivity contribution in [2.75, 3.05) is 0 Å². The van der Waals surface area contributed by atoms with Crippen LogP contribution in [0.2, 0.25) is 0 Å². The summed E-state index contributed by atoms with van der Waals surface area (Å²) in [6.07, 6.45) is 9.04. The molecule has 0 aliphatic heterocycles. The van der Waals surface area contributed by atoms with Crippen LogP contribution >= 0.6 is 0 Å². The quantitative estimate of drug-likeness (QED) is 0.145. The predicted octanol–water partition coefficient (Wildman–Crippen LogP) is 9.98. The molecule has 0 bridgehead atoms. The first-order chi connectivity index (χ1) is 21.1. The zero-order chi connectivity index (χ0) is 29.9. The summed E-state index contributed by atoms with van der Waals surface area (Å²) in [5.74, 6) is 1.34. The number of aryl methyl sites for hydroxylation is 1. The van der Waals surface area contributed by atoms with E-state index in [9.17, 15) is 0 Å². The van der Waals surface area contributed by atoms with Gasteiger partial charge in [-0.05, 0) is 52.3 Å². The van der Waals surface area contributed by atoms with Crippen LogP contribution in [-0.4, -0.2) is 15.0 Å². The smallest absolute Gasteiger partial charge is 0.0748 e. The van der Waals surface area contributed by atoms with E-state index >= 15 is 0 Å². The number of rotatable bonds is 8. The third kappa shape index (κ3) is 8.89. The van der Waals surface area contributed by atoms with Crippen LogP contribution in [0.15, 0.2) is 128 Å². The standard InChI is InChI=1S/C20H19N2.C20H18N.Ir/c1-15(2)11-16-13-21-20(22-14-16)19-10-6-9-18(12-19)17-7-4-3-5-8-17;1-2-9-18-15-21-20(17-12-7-4-8-13-17)14-19(18)16-10-5-3-6-11-16;/h3-9,12-15H,11H2,1-2H3;3-8,10-12,14-15H,2,9H2,1H3;/q2*-1;. The molecule has 1 radical (unpaired) electrons. The molecule has 6 aromatic rings. The van der Waals surface area contributed by atoms with Crippen molar-refractivity contribution in [2.45, 2.75) is 40.0 Å². The van der Waals surface area contributed by atoms with Gasteiger partial charge >= 0.3 is 0 Å². The molecule has 2 heterocycles. The minimum atomic E-state index is 0. The van der Waals surface area contributed by atoms with Gasteiger partial charge in [0.05, 0.1) is 5.82 Å². The van der Waals surface area contributed by atoms with E-state index in [0.717, 1.165) is 47.5 Å². The van der Waals surface area contributed by atoms with Crippen LogP contribution in [0.1, 0.15) is 38.3 Å². The van der Waals surface area contributed by atoms with Crippen molar-refractivity contribution < 1.29 is 20.1 Å². The maximum atomic E-state index is 4.62. The minimum absolute atomic E-state index is 0. The third-order valence-corrected chi connectivity index (χ3v) is 7.07. The van der Waals surface area contributed by atoms with Crippen molar-refractivity contribution in [1.82, 2.24) is 15.0 Å². The van der Waals surface area contributed by atoms with Gasteiger partial charge in [0.2, 0.25) is 0 Å². The second-order valence-electron chi connectivity index (χ2n) is 11.0. The number of hydrogen-bond acceptors (Lipinski definition) is 3. The predicted molar refractivity (Wildman–Crippen MR) is 178 cm³/mol. The Morgan fingerprint density at radius 2 is 1.30 bits per heavy atom. The van der Waals surface area contributed by atoms with E-state index in [1.54, 1.807) is 0 Å². The number of pyridine rings is 1. The molecule has 0 saturated heterocycles. The molecule has 2 aromatic heterocycles. The summed E-state index contributed by atoms with van der Waals surface area (Å²) in [7, 11) is 0. The number of hydrogen-bond donors (Lipinski definition) is 0. The van der Waals surface area contributed by atoms with Gasteiger partial charge in [-0.1, -0.05) is 93.9 Å². The number of benzene rings is 4. The third-order valence-electron chi connectivity index (χ3n) is 7.07. The summed E-state index contributed by atoms with van der Waals surface area (Å²) in [5.41, 5.74) is 10.3. The van der Waals surface area contributed by atoms with Gasteiger partial charge < -0.3 is 4.98 Å². The summed E-state index contributed by atoms with van der Waals surface area (Å²) < 4.78 is 0. The Balaban J connectivity index is 0.000000197. The van der Waals surface area contributed by atoms with Crippen LogP contribution in [0.5, 0.6) is 0 Å². The summed E-state index contributed by atoms with van der Waals surface area (Å²) in [6.45, 7) is 6.60. The topological polar surface area (TPSA) is 38.7 Å². The van der Waals surface area contributed by atoms with Gasteiger partial charge in [0.1, 0.15) is 0 Å². The molecular formula is C40H37IrN3-2. The number of nitrogens with zero attached hydrogens (tertiary/aromatic N) is 3. The van der Waals surface area contributed by atoms with E-state index in [2.05, 4.69) is 115 Å². The van der Waals surface area contributed by atoms with E-state index in [1.165, 1.54) is 27.8 Å². The summed E-state index contributed by atoms with van der Waals surface area (Å²) in [5, 5.41) is 0. The summed E-state index contributed by atoms with van der Waals surface area (Å²) in [6, 6.07) is 43.6. The maximum Gasteiger partial charge on any atom is 0.0748 e. The molecule has 0 N–H and O–H groups in total. The largest absolute Gasteiger partial charge is 0.304 e. The van der Waals surface area contributed by atoms with Crippen molar-refractivity contribution in [2.24, 2.45) is 5.92 Å². The molecule has 4 aromatic carbocycles. The van der Waals surface area contributed by atoms with Gasteiger partial charge in [-0.3, -0.25) is 9.97 Å². The average molecular weight is 752 g/mol. The molecule has 6 rings (SSSR count). The van der Waals surface area contributed by atoms with E-state index < -0.39 is 0 Å². The Morgan fingerprint density at radius 3 is 1.93 bits per heavy atom. The van der Waals surface area contributed by atoms with E-state index in [1.807, 2.05) is 61.1 Å². The SMILES string of the molecule is CC(C)Cc1cnc(-c2[c-]ccc(-c3ccccc3)c2)nc1.CCCc1cnc(-c2[c-]cccc2)cc1-c1ccccc1.[Ir]. The molecule has 0 saturated carbocycles. The van der Waals surface area contributed by atoms with Crippen LogP contribution in [0.4, 0.5) is 0 Å². The molecule has 0 unspecified atom stereocenters. The second kappa shape index (κ2) is 16.6. The average Bonchev–Trinajstić information content (AvgIpc) is 3.07. The van der Waals surface area contributed by atoms with Gasteiger partial charge in [-0.15, -0.1) is 71.3 Å². The van der Waals surface area contributed by atoms with Crippen LogP contribution in [0, 0.1) is 18.1 Å². The molecule has 0 amide bonds. The van der Waals surface area contributed by atoms with E-state index in [4.69, 9.17) is 0 Å². The fourth-order valence-corrected chi connectivity index (χ4v) is 5.02. The molecule has 0 spiro atoms. The Hall–Kier alpha value is -4.24. The van der Waals surface area contributed by atoms with Crippen molar-refractivity contribution >= 4 is 0 Å². The maximum absolute atomic E-state index is 4.62. The first-order valence-electron chi connectivity index (χ1n) is 15.0. The van der Waals surface area contributed by atoms with Gasteiger partial charge in [-0.2, -0.15) is 0 Å². The number of aromatic nitrogens is 3. The molecule has 44 heavy (non-hydrogen) atoms. The summed E-state index contributed by atoms with van der Waals surface area (Å²) >= 11 is 0. The van der Waals surface area contributed by atoms with Gasteiger partial charge in [0.15, 0.2) is 0 Å². The Morgan fingerprint density at radius 1 is 0.636 bits per heavy atom.